The number of rotatable bonds is 6. The predicted molar refractivity (Wildman–Crippen MR) is 159 cm³/mol. The van der Waals surface area contributed by atoms with Gasteiger partial charge in [0.2, 0.25) is 5.91 Å². The van der Waals surface area contributed by atoms with Crippen LogP contribution in [0, 0.1) is 5.92 Å². The van der Waals surface area contributed by atoms with Gasteiger partial charge in [-0.05, 0) is 81.4 Å². The molecule has 2 aliphatic rings. The van der Waals surface area contributed by atoms with Crippen molar-refractivity contribution < 1.29 is 4.79 Å². The Balaban J connectivity index is 1.17. The molecule has 0 saturated carbocycles. The molecular weight excluding hydrogens is 500 g/mol. The number of anilines is 2. The summed E-state index contributed by atoms with van der Waals surface area (Å²) in [6, 6.07) is 12.7. The molecule has 1 amide bonds. The maximum atomic E-state index is 12.7. The van der Waals surface area contributed by atoms with Gasteiger partial charge < -0.3 is 20.5 Å². The quantitative estimate of drug-likeness (QED) is 0.229. The molecule has 9 heteroatoms. The largest absolute Gasteiger partial charge is 0.371 e. The van der Waals surface area contributed by atoms with Gasteiger partial charge in [-0.25, -0.2) is 4.98 Å². The highest BCUT2D eigenvalue weighted by molar-refractivity contribution is 6.00. The van der Waals surface area contributed by atoms with E-state index in [0.717, 1.165) is 78.1 Å². The molecule has 204 valence electrons. The Bertz CT molecular complexity index is 1660. The molecule has 0 atom stereocenters. The fraction of sp³-hybridized carbons (Fsp3) is 0.355. The number of aromatic amines is 2. The highest BCUT2D eigenvalue weighted by atomic mass is 16.1. The number of piperidine rings is 2. The molecule has 4 aromatic heterocycles. The number of aromatic nitrogens is 5. The first-order valence-electron chi connectivity index (χ1n) is 14.4. The third-order valence-corrected chi connectivity index (χ3v) is 8.30. The van der Waals surface area contributed by atoms with Crippen molar-refractivity contribution in [2.24, 2.45) is 5.92 Å². The van der Waals surface area contributed by atoms with Crippen LogP contribution in [0.15, 0.2) is 55.0 Å². The van der Waals surface area contributed by atoms with Gasteiger partial charge in [-0.3, -0.25) is 14.9 Å². The molecular formula is C31H34N8O. The van der Waals surface area contributed by atoms with E-state index in [1.807, 2.05) is 12.3 Å². The number of nitrogens with one attached hydrogen (secondary N) is 4. The highest BCUT2D eigenvalue weighted by Gasteiger charge is 2.19. The second-order valence-electron chi connectivity index (χ2n) is 11.1. The number of benzene rings is 1. The molecule has 0 unspecified atom stereocenters. The summed E-state index contributed by atoms with van der Waals surface area (Å²) < 4.78 is 0. The van der Waals surface area contributed by atoms with Crippen molar-refractivity contribution in [3.05, 3.63) is 55.0 Å². The van der Waals surface area contributed by atoms with Gasteiger partial charge in [0.25, 0.3) is 0 Å². The van der Waals surface area contributed by atoms with Gasteiger partial charge in [-0.1, -0.05) is 6.07 Å². The summed E-state index contributed by atoms with van der Waals surface area (Å²) in [5.41, 5.74) is 7.43. The van der Waals surface area contributed by atoms with Gasteiger partial charge in [-0.15, -0.1) is 0 Å². The molecule has 0 bridgehead atoms. The predicted octanol–water partition coefficient (Wildman–Crippen LogP) is 5.49. The summed E-state index contributed by atoms with van der Waals surface area (Å²) >= 11 is 0. The molecule has 2 aliphatic heterocycles. The van der Waals surface area contributed by atoms with Crippen LogP contribution >= 0.6 is 0 Å². The van der Waals surface area contributed by atoms with Gasteiger partial charge in [0.15, 0.2) is 5.65 Å². The summed E-state index contributed by atoms with van der Waals surface area (Å²) in [4.78, 5) is 27.8. The topological polar surface area (TPSA) is 115 Å². The van der Waals surface area contributed by atoms with Crippen LogP contribution < -0.4 is 15.5 Å². The SMILES string of the molecule is O=C(CC1CCNCC1)Nc1cncc(-c2cnc3[nH]nc(-c4cc5c(N6CCCCC6)cccc5[nH]4)c3c2)c1. The first-order chi connectivity index (χ1) is 19.7. The molecule has 6 heterocycles. The number of fused-ring (bicyclic) bond motifs is 2. The number of hydrogen-bond acceptors (Lipinski definition) is 6. The van der Waals surface area contributed by atoms with Crippen LogP contribution in [0.4, 0.5) is 11.4 Å². The van der Waals surface area contributed by atoms with Crippen LogP contribution in [0.2, 0.25) is 0 Å². The molecule has 7 rings (SSSR count). The third kappa shape index (κ3) is 4.93. The van der Waals surface area contributed by atoms with Crippen LogP contribution in [0.5, 0.6) is 0 Å². The molecule has 40 heavy (non-hydrogen) atoms. The summed E-state index contributed by atoms with van der Waals surface area (Å²) in [5, 5.41) is 16.3. The maximum absolute atomic E-state index is 12.7. The van der Waals surface area contributed by atoms with E-state index in [4.69, 9.17) is 0 Å². The van der Waals surface area contributed by atoms with Crippen molar-refractivity contribution in [2.45, 2.75) is 38.5 Å². The Kier molecular flexibility index (Phi) is 6.65. The Morgan fingerprint density at radius 3 is 2.70 bits per heavy atom. The maximum Gasteiger partial charge on any atom is 0.224 e. The minimum absolute atomic E-state index is 0.0410. The summed E-state index contributed by atoms with van der Waals surface area (Å²) in [6.07, 6.45) is 11.7. The third-order valence-electron chi connectivity index (χ3n) is 8.30. The van der Waals surface area contributed by atoms with E-state index in [1.54, 1.807) is 12.4 Å². The number of hydrogen-bond donors (Lipinski definition) is 4. The monoisotopic (exact) mass is 534 g/mol. The van der Waals surface area contributed by atoms with Crippen LogP contribution in [0.1, 0.15) is 38.5 Å². The number of pyridine rings is 2. The number of H-pyrrole nitrogens is 2. The smallest absolute Gasteiger partial charge is 0.224 e. The zero-order valence-electron chi connectivity index (χ0n) is 22.5. The van der Waals surface area contributed by atoms with E-state index in [1.165, 1.54) is 30.3 Å². The second-order valence-corrected chi connectivity index (χ2v) is 11.1. The average Bonchev–Trinajstić information content (AvgIpc) is 3.62. The molecule has 5 aromatic rings. The molecule has 2 fully saturated rings. The molecule has 9 nitrogen and oxygen atoms in total. The molecule has 0 aliphatic carbocycles. The van der Waals surface area contributed by atoms with E-state index in [9.17, 15) is 4.79 Å². The van der Waals surface area contributed by atoms with Crippen molar-refractivity contribution in [1.82, 2.24) is 30.5 Å². The average molecular weight is 535 g/mol. The minimum atomic E-state index is 0.0410. The highest BCUT2D eigenvalue weighted by Crippen LogP contribution is 2.35. The fourth-order valence-corrected chi connectivity index (χ4v) is 6.17. The first kappa shape index (κ1) is 24.8. The van der Waals surface area contributed by atoms with E-state index >= 15 is 0 Å². The summed E-state index contributed by atoms with van der Waals surface area (Å²) in [5.74, 6) is 0.475. The van der Waals surface area contributed by atoms with Crippen molar-refractivity contribution >= 4 is 39.2 Å². The van der Waals surface area contributed by atoms with Crippen molar-refractivity contribution in [1.29, 1.82) is 0 Å². The van der Waals surface area contributed by atoms with Gasteiger partial charge in [0.05, 0.1) is 17.6 Å². The zero-order chi connectivity index (χ0) is 26.9. The Hall–Kier alpha value is -4.24. The lowest BCUT2D eigenvalue weighted by atomic mass is 9.94. The van der Waals surface area contributed by atoms with Gasteiger partial charge in [0, 0.05) is 65.0 Å². The van der Waals surface area contributed by atoms with Gasteiger partial charge >= 0.3 is 0 Å². The van der Waals surface area contributed by atoms with E-state index in [2.05, 4.69) is 71.0 Å². The Morgan fingerprint density at radius 1 is 0.975 bits per heavy atom. The lowest BCUT2D eigenvalue weighted by Crippen LogP contribution is -2.30. The van der Waals surface area contributed by atoms with Crippen molar-refractivity contribution in [3.8, 4) is 22.5 Å². The van der Waals surface area contributed by atoms with Crippen molar-refractivity contribution in [2.75, 3.05) is 36.4 Å². The van der Waals surface area contributed by atoms with Crippen LogP contribution in [0.25, 0.3) is 44.5 Å². The van der Waals surface area contributed by atoms with E-state index in [0.29, 0.717) is 18.0 Å². The lowest BCUT2D eigenvalue weighted by molar-refractivity contribution is -0.117. The van der Waals surface area contributed by atoms with Crippen LogP contribution in [-0.2, 0) is 4.79 Å². The normalized spacial score (nSPS) is 16.6. The minimum Gasteiger partial charge on any atom is -0.371 e. The molecule has 4 N–H and O–H groups in total. The number of amides is 1. The van der Waals surface area contributed by atoms with Gasteiger partial charge in [0.1, 0.15) is 5.69 Å². The lowest BCUT2D eigenvalue weighted by Gasteiger charge is -2.29. The van der Waals surface area contributed by atoms with E-state index in [-0.39, 0.29) is 5.91 Å². The Labute approximate surface area is 232 Å². The Morgan fingerprint density at radius 2 is 1.82 bits per heavy atom. The van der Waals surface area contributed by atoms with Crippen molar-refractivity contribution in [3.63, 3.8) is 0 Å². The number of nitrogens with zero attached hydrogens (tertiary/aromatic N) is 4. The van der Waals surface area contributed by atoms with Crippen LogP contribution in [-0.4, -0.2) is 57.2 Å². The van der Waals surface area contributed by atoms with Crippen LogP contribution in [0.3, 0.4) is 0 Å². The molecule has 2 saturated heterocycles. The van der Waals surface area contributed by atoms with E-state index < -0.39 is 0 Å². The second kappa shape index (κ2) is 10.7. The summed E-state index contributed by atoms with van der Waals surface area (Å²) in [6.45, 7) is 4.17. The molecule has 1 aromatic carbocycles. The number of carbonyl (C=O) groups is 1. The zero-order valence-corrected chi connectivity index (χ0v) is 22.5. The fourth-order valence-electron chi connectivity index (χ4n) is 6.17. The molecule has 0 radical (unpaired) electrons. The first-order valence-corrected chi connectivity index (χ1v) is 14.4. The summed E-state index contributed by atoms with van der Waals surface area (Å²) in [7, 11) is 0. The standard InChI is InChI=1S/C31H34N8O/c40-29(13-20-7-9-32-10-8-20)35-23-14-21(17-33-19-23)22-15-25-30(37-38-31(25)34-18-22)27-16-24-26(36-27)5-4-6-28(24)39-11-2-1-3-12-39/h4-6,14-20,32,36H,1-3,7-13H2,(H,35,40)(H,34,37,38). The number of carbonyl (C=O) groups excluding carboxylic acids is 1. The molecule has 0 spiro atoms. The van der Waals surface area contributed by atoms with Gasteiger partial charge in [-0.2, -0.15) is 5.10 Å².